The van der Waals surface area contributed by atoms with Crippen LogP contribution in [0.2, 0.25) is 0 Å². The SMILES string of the molecule is O=C(Nc1ccsc1C(=O)O)c1cc(C2CC2)on1. The molecule has 19 heavy (non-hydrogen) atoms. The molecular weight excluding hydrogens is 268 g/mol. The number of carboxylic acid groups (broad SMARTS) is 1. The minimum absolute atomic E-state index is 0.0965. The Kier molecular flexibility index (Phi) is 2.83. The van der Waals surface area contributed by atoms with E-state index in [1.165, 1.54) is 0 Å². The number of aromatic carboxylic acids is 1. The number of nitrogens with one attached hydrogen (secondary N) is 1. The maximum absolute atomic E-state index is 11.9. The number of hydrogen-bond donors (Lipinski definition) is 2. The third kappa shape index (κ3) is 2.37. The first-order valence-corrected chi connectivity index (χ1v) is 6.62. The van der Waals surface area contributed by atoms with Gasteiger partial charge in [-0.2, -0.15) is 0 Å². The van der Waals surface area contributed by atoms with Gasteiger partial charge < -0.3 is 14.9 Å². The molecule has 0 aliphatic heterocycles. The summed E-state index contributed by atoms with van der Waals surface area (Å²) in [6.07, 6.45) is 2.12. The molecule has 6 nitrogen and oxygen atoms in total. The lowest BCUT2D eigenvalue weighted by molar-refractivity contribution is 0.0703. The molecule has 0 bridgehead atoms. The topological polar surface area (TPSA) is 92.4 Å². The summed E-state index contributed by atoms with van der Waals surface area (Å²) in [6, 6.07) is 3.16. The molecular formula is C12H10N2O4S. The quantitative estimate of drug-likeness (QED) is 0.896. The molecule has 0 spiro atoms. The molecule has 1 fully saturated rings. The summed E-state index contributed by atoms with van der Waals surface area (Å²) in [5.41, 5.74) is 0.447. The van der Waals surface area contributed by atoms with Crippen molar-refractivity contribution in [1.29, 1.82) is 0 Å². The first-order valence-electron chi connectivity index (χ1n) is 5.74. The molecule has 0 aromatic carbocycles. The van der Waals surface area contributed by atoms with Crippen molar-refractivity contribution in [3.05, 3.63) is 33.8 Å². The van der Waals surface area contributed by atoms with Crippen LogP contribution in [0, 0.1) is 0 Å². The van der Waals surface area contributed by atoms with Gasteiger partial charge in [-0.25, -0.2) is 4.79 Å². The van der Waals surface area contributed by atoms with Crippen molar-refractivity contribution in [2.75, 3.05) is 5.32 Å². The summed E-state index contributed by atoms with van der Waals surface area (Å²) in [6.45, 7) is 0. The molecule has 0 saturated heterocycles. The zero-order valence-corrected chi connectivity index (χ0v) is 10.6. The van der Waals surface area contributed by atoms with Gasteiger partial charge in [-0.05, 0) is 24.3 Å². The lowest BCUT2D eigenvalue weighted by Gasteiger charge is -2.00. The number of aromatic nitrogens is 1. The molecule has 2 N–H and O–H groups in total. The van der Waals surface area contributed by atoms with Gasteiger partial charge in [-0.15, -0.1) is 11.3 Å². The first kappa shape index (κ1) is 11.9. The van der Waals surface area contributed by atoms with E-state index in [9.17, 15) is 9.59 Å². The summed E-state index contributed by atoms with van der Waals surface area (Å²) < 4.78 is 5.08. The van der Waals surface area contributed by atoms with E-state index in [0.717, 1.165) is 24.2 Å². The highest BCUT2D eigenvalue weighted by Crippen LogP contribution is 2.40. The van der Waals surface area contributed by atoms with Gasteiger partial charge >= 0.3 is 5.97 Å². The average Bonchev–Trinajstić information content (AvgIpc) is 2.92. The summed E-state index contributed by atoms with van der Waals surface area (Å²) in [7, 11) is 0. The lowest BCUT2D eigenvalue weighted by Crippen LogP contribution is -2.13. The van der Waals surface area contributed by atoms with E-state index < -0.39 is 11.9 Å². The first-order chi connectivity index (χ1) is 9.15. The Bertz CT molecular complexity index is 642. The van der Waals surface area contributed by atoms with Crippen LogP contribution in [0.25, 0.3) is 0 Å². The molecule has 2 aromatic rings. The van der Waals surface area contributed by atoms with Crippen molar-refractivity contribution in [3.8, 4) is 0 Å². The molecule has 1 saturated carbocycles. The predicted octanol–water partition coefficient (Wildman–Crippen LogP) is 2.56. The van der Waals surface area contributed by atoms with E-state index in [4.69, 9.17) is 9.63 Å². The number of nitrogens with zero attached hydrogens (tertiary/aromatic N) is 1. The molecule has 0 unspecified atom stereocenters. The van der Waals surface area contributed by atoms with E-state index in [1.807, 2.05) is 0 Å². The van der Waals surface area contributed by atoms with Crippen LogP contribution >= 0.6 is 11.3 Å². The largest absolute Gasteiger partial charge is 0.477 e. The number of rotatable bonds is 4. The van der Waals surface area contributed by atoms with Crippen LogP contribution in [0.1, 0.15) is 44.7 Å². The number of hydrogen-bond acceptors (Lipinski definition) is 5. The van der Waals surface area contributed by atoms with Crippen molar-refractivity contribution in [3.63, 3.8) is 0 Å². The van der Waals surface area contributed by atoms with Crippen molar-refractivity contribution in [2.24, 2.45) is 0 Å². The average molecular weight is 278 g/mol. The molecule has 0 atom stereocenters. The Morgan fingerprint density at radius 2 is 2.26 bits per heavy atom. The van der Waals surface area contributed by atoms with Gasteiger partial charge in [0, 0.05) is 12.0 Å². The van der Waals surface area contributed by atoms with Gasteiger partial charge in [0.2, 0.25) is 0 Å². The Hall–Kier alpha value is -2.15. The van der Waals surface area contributed by atoms with Crippen LogP contribution in [0.4, 0.5) is 5.69 Å². The summed E-state index contributed by atoms with van der Waals surface area (Å²) >= 11 is 1.06. The van der Waals surface area contributed by atoms with Gasteiger partial charge in [0.15, 0.2) is 5.69 Å². The van der Waals surface area contributed by atoms with E-state index in [0.29, 0.717) is 11.7 Å². The van der Waals surface area contributed by atoms with Gasteiger partial charge in [0.25, 0.3) is 5.91 Å². The van der Waals surface area contributed by atoms with Crippen LogP contribution in [0.3, 0.4) is 0 Å². The van der Waals surface area contributed by atoms with Gasteiger partial charge in [-0.3, -0.25) is 4.79 Å². The van der Waals surface area contributed by atoms with Crippen molar-refractivity contribution >= 4 is 28.9 Å². The fraction of sp³-hybridized carbons (Fsp3) is 0.250. The smallest absolute Gasteiger partial charge is 0.348 e. The minimum atomic E-state index is -1.07. The van der Waals surface area contributed by atoms with Gasteiger partial charge in [0.1, 0.15) is 10.6 Å². The number of anilines is 1. The highest BCUT2D eigenvalue weighted by Gasteiger charge is 2.29. The second-order valence-electron chi connectivity index (χ2n) is 4.31. The normalized spacial score (nSPS) is 14.3. The number of amides is 1. The summed E-state index contributed by atoms with van der Waals surface area (Å²) in [5.74, 6) is -0.431. The second-order valence-corrected chi connectivity index (χ2v) is 5.23. The number of carbonyl (C=O) groups excluding carboxylic acids is 1. The van der Waals surface area contributed by atoms with E-state index in [2.05, 4.69) is 10.5 Å². The van der Waals surface area contributed by atoms with E-state index >= 15 is 0 Å². The van der Waals surface area contributed by atoms with Crippen LogP contribution < -0.4 is 5.32 Å². The summed E-state index contributed by atoms with van der Waals surface area (Å²) in [5, 5.41) is 16.8. The third-order valence-electron chi connectivity index (χ3n) is 2.85. The maximum atomic E-state index is 11.9. The fourth-order valence-corrected chi connectivity index (χ4v) is 2.40. The molecule has 2 heterocycles. The molecule has 7 heteroatoms. The number of carbonyl (C=O) groups is 2. The molecule has 1 amide bonds. The maximum Gasteiger partial charge on any atom is 0.348 e. The van der Waals surface area contributed by atoms with Crippen LogP contribution in [-0.4, -0.2) is 22.1 Å². The summed E-state index contributed by atoms with van der Waals surface area (Å²) in [4.78, 5) is 22.9. The Balaban J connectivity index is 1.76. The molecule has 2 aromatic heterocycles. The molecule has 0 radical (unpaired) electrons. The third-order valence-corrected chi connectivity index (χ3v) is 3.75. The predicted molar refractivity (Wildman–Crippen MR) is 67.7 cm³/mol. The fourth-order valence-electron chi connectivity index (χ4n) is 1.72. The molecule has 1 aliphatic carbocycles. The zero-order valence-electron chi connectivity index (χ0n) is 9.75. The Labute approximate surface area is 112 Å². The van der Waals surface area contributed by atoms with Gasteiger partial charge in [0.05, 0.1) is 5.69 Å². The second kappa shape index (κ2) is 4.51. The highest BCUT2D eigenvalue weighted by atomic mass is 32.1. The van der Waals surface area contributed by atoms with Crippen LogP contribution in [-0.2, 0) is 0 Å². The zero-order chi connectivity index (χ0) is 13.4. The minimum Gasteiger partial charge on any atom is -0.477 e. The highest BCUT2D eigenvalue weighted by molar-refractivity contribution is 7.12. The Morgan fingerprint density at radius 3 is 2.95 bits per heavy atom. The number of carboxylic acids is 1. The Morgan fingerprint density at radius 1 is 1.47 bits per heavy atom. The standard InChI is InChI=1S/C12H10N2O4S/c15-11(8-5-9(18-14-8)6-1-2-6)13-7-3-4-19-10(7)12(16)17/h3-6H,1-2H2,(H,13,15)(H,16,17). The van der Waals surface area contributed by atoms with E-state index in [1.54, 1.807) is 17.5 Å². The monoisotopic (exact) mass is 278 g/mol. The lowest BCUT2D eigenvalue weighted by atomic mass is 10.2. The number of thiophene rings is 1. The van der Waals surface area contributed by atoms with Crippen molar-refractivity contribution < 1.29 is 19.2 Å². The molecule has 98 valence electrons. The van der Waals surface area contributed by atoms with Gasteiger partial charge in [-0.1, -0.05) is 5.16 Å². The van der Waals surface area contributed by atoms with Crippen molar-refractivity contribution in [2.45, 2.75) is 18.8 Å². The molecule has 1 aliphatic rings. The van der Waals surface area contributed by atoms with Crippen LogP contribution in [0.5, 0.6) is 0 Å². The van der Waals surface area contributed by atoms with Crippen molar-refractivity contribution in [1.82, 2.24) is 5.16 Å². The van der Waals surface area contributed by atoms with Crippen LogP contribution in [0.15, 0.2) is 22.0 Å². The van der Waals surface area contributed by atoms with E-state index in [-0.39, 0.29) is 16.3 Å². The molecule has 3 rings (SSSR count).